The average Bonchev–Trinajstić information content (AvgIpc) is 3.32. The van der Waals surface area contributed by atoms with Crippen molar-refractivity contribution < 1.29 is 60.5 Å². The van der Waals surface area contributed by atoms with E-state index in [0.717, 1.165) is 84.8 Å². The fraction of sp³-hybridized carbons (Fsp3) is 0.567. The minimum atomic E-state index is 0. The molecule has 6 nitrogen and oxygen atoms in total. The largest absolute Gasteiger partial charge is 1.00 e. The molecule has 4 aromatic rings. The summed E-state index contributed by atoms with van der Waals surface area (Å²) >= 11 is 0. The molecule has 0 unspecified atom stereocenters. The SMILES string of the molecule is CCCCCCCCCCCC(=O)NCCC[N+](C)(C)Cc1ccccc1.CCCCCCCCCCCC(=O)NCCC[N+](C)(C)Cc1ccccc1.[B]c1ccccc1.[B]c1ccccc1.[Cl-].[Na+]. The van der Waals surface area contributed by atoms with Crippen LogP contribution in [0.2, 0.25) is 0 Å². The van der Waals surface area contributed by atoms with Gasteiger partial charge in [0.1, 0.15) is 28.8 Å². The van der Waals surface area contributed by atoms with Crippen LogP contribution in [0.15, 0.2) is 121 Å². The smallest absolute Gasteiger partial charge is 1.00 e. The second-order valence-electron chi connectivity index (χ2n) is 20.0. The molecule has 0 heterocycles. The first-order valence-corrected chi connectivity index (χ1v) is 26.7. The van der Waals surface area contributed by atoms with Gasteiger partial charge in [-0.1, -0.05) is 249 Å². The van der Waals surface area contributed by atoms with Crippen LogP contribution in [0.25, 0.3) is 0 Å². The molecule has 0 spiro atoms. The van der Waals surface area contributed by atoms with E-state index in [4.69, 9.17) is 15.7 Å². The first-order valence-electron chi connectivity index (χ1n) is 26.7. The number of hydrogen-bond donors (Lipinski definition) is 2. The van der Waals surface area contributed by atoms with Gasteiger partial charge in [-0.05, 0) is 12.8 Å². The number of nitrogens with zero attached hydrogens (tertiary/aromatic N) is 2. The Kier molecular flexibility index (Phi) is 46.7. The van der Waals surface area contributed by atoms with Crippen LogP contribution < -0.4 is 63.5 Å². The molecule has 4 aromatic carbocycles. The van der Waals surface area contributed by atoms with Gasteiger partial charge < -0.3 is 32.0 Å². The number of amides is 2. The van der Waals surface area contributed by atoms with Crippen LogP contribution in [-0.2, 0) is 22.7 Å². The summed E-state index contributed by atoms with van der Waals surface area (Å²) < 4.78 is 1.91. The number of unbranched alkanes of at least 4 members (excludes halogenated alkanes) is 16. The number of nitrogens with one attached hydrogen (secondary N) is 2. The predicted octanol–water partition coefficient (Wildman–Crippen LogP) is 6.35. The summed E-state index contributed by atoms with van der Waals surface area (Å²) in [6.45, 7) is 10.3. The third kappa shape index (κ3) is 45.1. The second kappa shape index (κ2) is 47.2. The Balaban J connectivity index is 0. The van der Waals surface area contributed by atoms with Gasteiger partial charge in [0.05, 0.1) is 41.3 Å². The molecule has 0 aliphatic heterocycles. The zero-order valence-electron chi connectivity index (χ0n) is 45.6. The first-order chi connectivity index (χ1) is 32.9. The van der Waals surface area contributed by atoms with Crippen molar-refractivity contribution in [3.8, 4) is 0 Å². The summed E-state index contributed by atoms with van der Waals surface area (Å²) in [5.41, 5.74) is 4.39. The summed E-state index contributed by atoms with van der Waals surface area (Å²) in [6.07, 6.45) is 26.8. The van der Waals surface area contributed by atoms with E-state index in [9.17, 15) is 9.59 Å². The maximum Gasteiger partial charge on any atom is 1.00 e. The summed E-state index contributed by atoms with van der Waals surface area (Å²) in [6, 6.07) is 40.2. The Bertz CT molecular complexity index is 1610. The molecule has 4 radical (unpaired) electrons. The summed E-state index contributed by atoms with van der Waals surface area (Å²) in [5, 5.41) is 6.19. The Morgan fingerprint density at radius 3 is 0.914 bits per heavy atom. The van der Waals surface area contributed by atoms with Crippen LogP contribution in [0.5, 0.6) is 0 Å². The van der Waals surface area contributed by atoms with Crippen LogP contribution in [0.3, 0.4) is 0 Å². The minimum absolute atomic E-state index is 0. The Morgan fingerprint density at radius 1 is 0.400 bits per heavy atom. The summed E-state index contributed by atoms with van der Waals surface area (Å²) in [7, 11) is 19.8. The minimum Gasteiger partial charge on any atom is -1.00 e. The van der Waals surface area contributed by atoms with Gasteiger partial charge in [-0.2, -0.15) is 0 Å². The standard InChI is InChI=1S/2C24H42N2O.2C6H5B.ClH.Na/c2*1-4-5-6-7-8-9-10-11-15-19-24(27)25-20-16-21-26(2,3)22-23-17-13-12-14-18-23;2*7-6-4-2-1-3-5-6;;/h2*12-14,17-18H,4-11,15-16,19-22H2,1-3H3;2*1-5H;1H;/q;;;;;+1/p+1. The number of quaternary nitrogens is 2. The van der Waals surface area contributed by atoms with Crippen LogP contribution in [-0.4, -0.2) is 90.8 Å². The van der Waals surface area contributed by atoms with E-state index in [1.165, 1.54) is 114 Å². The molecule has 70 heavy (non-hydrogen) atoms. The van der Waals surface area contributed by atoms with Crippen molar-refractivity contribution in [3.63, 3.8) is 0 Å². The Morgan fingerprint density at radius 2 is 0.657 bits per heavy atom. The zero-order valence-corrected chi connectivity index (χ0v) is 48.3. The molecule has 10 heteroatoms. The third-order valence-corrected chi connectivity index (χ3v) is 12.0. The van der Waals surface area contributed by atoms with Gasteiger partial charge in [0.15, 0.2) is 0 Å². The number of carbonyl (C=O) groups is 2. The van der Waals surface area contributed by atoms with E-state index in [2.05, 4.69) is 113 Å². The van der Waals surface area contributed by atoms with Crippen LogP contribution in [0, 0.1) is 0 Å². The zero-order chi connectivity index (χ0) is 49.8. The normalized spacial score (nSPS) is 10.6. The number of benzene rings is 4. The van der Waals surface area contributed by atoms with Gasteiger partial charge in [0.2, 0.25) is 11.8 Å². The molecule has 0 saturated heterocycles. The van der Waals surface area contributed by atoms with Crippen molar-refractivity contribution in [1.29, 1.82) is 0 Å². The molecule has 0 saturated carbocycles. The van der Waals surface area contributed by atoms with Crippen LogP contribution >= 0.6 is 0 Å². The van der Waals surface area contributed by atoms with Crippen molar-refractivity contribution in [3.05, 3.63) is 132 Å². The maximum atomic E-state index is 11.9. The topological polar surface area (TPSA) is 58.2 Å². The van der Waals surface area contributed by atoms with E-state index < -0.39 is 0 Å². The van der Waals surface area contributed by atoms with Gasteiger partial charge in [0, 0.05) is 49.9 Å². The third-order valence-electron chi connectivity index (χ3n) is 12.0. The van der Waals surface area contributed by atoms with E-state index in [1.807, 2.05) is 60.7 Å². The Hall–Kier alpha value is -2.84. The molecule has 0 bridgehead atoms. The molecule has 0 atom stereocenters. The molecule has 2 N–H and O–H groups in total. The molecule has 380 valence electrons. The first kappa shape index (κ1) is 69.2. The molecule has 4 rings (SSSR count). The Labute approximate surface area is 461 Å². The number of carbonyl (C=O) groups excluding carboxylic acids is 2. The van der Waals surface area contributed by atoms with E-state index in [0.29, 0.717) is 12.8 Å². The van der Waals surface area contributed by atoms with Crippen LogP contribution in [0.1, 0.15) is 166 Å². The van der Waals surface area contributed by atoms with Crippen molar-refractivity contribution in [1.82, 2.24) is 10.6 Å². The quantitative estimate of drug-likeness (QED) is 0.0341. The van der Waals surface area contributed by atoms with Crippen molar-refractivity contribution in [2.75, 3.05) is 54.4 Å². The molecule has 0 aliphatic rings. The van der Waals surface area contributed by atoms with Crippen molar-refractivity contribution >= 4 is 38.4 Å². The number of rotatable bonds is 32. The maximum absolute atomic E-state index is 11.9. The monoisotopic (exact) mass is 985 g/mol. The van der Waals surface area contributed by atoms with Gasteiger partial charge in [0.25, 0.3) is 0 Å². The van der Waals surface area contributed by atoms with Gasteiger partial charge in [-0.25, -0.2) is 0 Å². The van der Waals surface area contributed by atoms with Crippen molar-refractivity contribution in [2.24, 2.45) is 0 Å². The fourth-order valence-electron chi connectivity index (χ4n) is 8.06. The number of halogens is 1. The average molecular weight is 986 g/mol. The molecular weight excluding hydrogens is 889 g/mol. The molecular formula is C60H96B2ClN4NaO2+2. The van der Waals surface area contributed by atoms with E-state index in [1.54, 1.807) is 0 Å². The summed E-state index contributed by atoms with van der Waals surface area (Å²) in [4.78, 5) is 23.9. The predicted molar refractivity (Wildman–Crippen MR) is 297 cm³/mol. The molecule has 2 amide bonds. The van der Waals surface area contributed by atoms with E-state index in [-0.39, 0.29) is 53.8 Å². The number of hydrogen-bond acceptors (Lipinski definition) is 2. The molecule has 0 aromatic heterocycles. The molecule has 0 fully saturated rings. The van der Waals surface area contributed by atoms with Gasteiger partial charge >= 0.3 is 29.6 Å². The van der Waals surface area contributed by atoms with Gasteiger partial charge in [-0.3, -0.25) is 9.59 Å². The molecule has 0 aliphatic carbocycles. The van der Waals surface area contributed by atoms with Crippen molar-refractivity contribution in [2.45, 2.75) is 168 Å². The van der Waals surface area contributed by atoms with Gasteiger partial charge in [-0.15, -0.1) is 0 Å². The summed E-state index contributed by atoms with van der Waals surface area (Å²) in [5.74, 6) is 0.456. The second-order valence-corrected chi connectivity index (χ2v) is 20.0. The fourth-order valence-corrected chi connectivity index (χ4v) is 8.06. The van der Waals surface area contributed by atoms with E-state index >= 15 is 0 Å². The van der Waals surface area contributed by atoms with Crippen LogP contribution in [0.4, 0.5) is 0 Å².